The van der Waals surface area contributed by atoms with Crippen LogP contribution in [0.4, 0.5) is 4.39 Å². The van der Waals surface area contributed by atoms with Crippen LogP contribution >= 0.6 is 0 Å². The van der Waals surface area contributed by atoms with Crippen LogP contribution in [0, 0.1) is 23.6 Å². The lowest BCUT2D eigenvalue weighted by Gasteiger charge is -2.38. The van der Waals surface area contributed by atoms with Crippen LogP contribution in [-0.2, 0) is 14.2 Å². The minimum atomic E-state index is -0.283. The Bertz CT molecular complexity index is 758. The van der Waals surface area contributed by atoms with Crippen molar-refractivity contribution in [2.45, 2.75) is 44.8 Å². The van der Waals surface area contributed by atoms with E-state index in [0.29, 0.717) is 5.92 Å². The van der Waals surface area contributed by atoms with Crippen molar-refractivity contribution in [3.8, 4) is 11.1 Å². The average Bonchev–Trinajstić information content (AvgIpc) is 2.81. The Hall–Kier alpha value is -1.75. The van der Waals surface area contributed by atoms with Crippen LogP contribution in [-0.4, -0.2) is 26.9 Å². The van der Waals surface area contributed by atoms with Gasteiger partial charge in [0.1, 0.15) is 5.82 Å². The zero-order valence-corrected chi connectivity index (χ0v) is 17.9. The number of halogens is 1. The van der Waals surface area contributed by atoms with Gasteiger partial charge in [-0.3, -0.25) is 0 Å². The van der Waals surface area contributed by atoms with E-state index >= 15 is 0 Å². The van der Waals surface area contributed by atoms with E-state index in [4.69, 9.17) is 14.2 Å². The fourth-order valence-electron chi connectivity index (χ4n) is 4.92. The van der Waals surface area contributed by atoms with Gasteiger partial charge in [-0.2, -0.15) is 0 Å². The van der Waals surface area contributed by atoms with Crippen molar-refractivity contribution in [1.29, 1.82) is 0 Å². The van der Waals surface area contributed by atoms with Crippen LogP contribution < -0.4 is 0 Å². The topological polar surface area (TPSA) is 27.7 Å². The summed E-state index contributed by atoms with van der Waals surface area (Å²) in [7, 11) is 1.78. The van der Waals surface area contributed by atoms with Crippen LogP contribution in [0.1, 0.15) is 50.4 Å². The molecule has 2 fully saturated rings. The van der Waals surface area contributed by atoms with E-state index in [1.54, 1.807) is 19.2 Å². The zero-order chi connectivity index (χ0) is 20.8. The van der Waals surface area contributed by atoms with Crippen LogP contribution in [0.3, 0.4) is 0 Å². The highest BCUT2D eigenvalue weighted by Gasteiger charge is 2.32. The molecule has 0 bridgehead atoms. The van der Waals surface area contributed by atoms with Crippen LogP contribution in [0.5, 0.6) is 0 Å². The first-order chi connectivity index (χ1) is 14.7. The monoisotopic (exact) mass is 412 g/mol. The van der Waals surface area contributed by atoms with Gasteiger partial charge in [0.05, 0.1) is 13.2 Å². The van der Waals surface area contributed by atoms with E-state index in [0.717, 1.165) is 48.3 Å². The van der Waals surface area contributed by atoms with Crippen molar-refractivity contribution in [1.82, 2.24) is 0 Å². The number of methoxy groups -OCH3 is 1. The van der Waals surface area contributed by atoms with Crippen molar-refractivity contribution in [3.05, 3.63) is 59.9 Å². The standard InChI is InChI=1S/C26H33FO3/c1-28-16-2-3-19-4-6-22(7-5-19)24-17-29-26(30-18-24)23-10-8-20(9-11-23)21-12-14-25(27)15-13-21/h8-15,19,22,24,26H,2-7,16-18H2,1H3/t19-,22-,24-,26-. The molecule has 1 heterocycles. The van der Waals surface area contributed by atoms with E-state index in [1.165, 1.54) is 50.7 Å². The number of benzene rings is 2. The number of rotatable bonds is 7. The summed E-state index contributed by atoms with van der Waals surface area (Å²) in [4.78, 5) is 0. The second-order valence-corrected chi connectivity index (χ2v) is 8.80. The number of ether oxygens (including phenoxy) is 3. The van der Waals surface area contributed by atoms with Gasteiger partial charge in [-0.1, -0.05) is 49.2 Å². The minimum absolute atomic E-state index is 0.214. The third-order valence-electron chi connectivity index (χ3n) is 6.80. The Morgan fingerprint density at radius 3 is 2.03 bits per heavy atom. The summed E-state index contributed by atoms with van der Waals surface area (Å²) in [5.41, 5.74) is 3.11. The highest BCUT2D eigenvalue weighted by atomic mass is 19.1. The van der Waals surface area contributed by atoms with Crippen LogP contribution in [0.2, 0.25) is 0 Å². The van der Waals surface area contributed by atoms with Gasteiger partial charge in [0.15, 0.2) is 6.29 Å². The Morgan fingerprint density at radius 1 is 0.833 bits per heavy atom. The zero-order valence-electron chi connectivity index (χ0n) is 17.9. The number of hydrogen-bond donors (Lipinski definition) is 0. The summed E-state index contributed by atoms with van der Waals surface area (Å²) in [6.07, 6.45) is 7.46. The fraction of sp³-hybridized carbons (Fsp3) is 0.538. The van der Waals surface area contributed by atoms with Crippen molar-refractivity contribution in [2.24, 2.45) is 17.8 Å². The molecule has 0 spiro atoms. The maximum Gasteiger partial charge on any atom is 0.183 e. The Labute approximate surface area is 179 Å². The van der Waals surface area contributed by atoms with Gasteiger partial charge in [0.25, 0.3) is 0 Å². The molecular weight excluding hydrogens is 379 g/mol. The molecule has 4 rings (SSSR count). The lowest BCUT2D eigenvalue weighted by atomic mass is 9.75. The molecule has 1 saturated heterocycles. The first-order valence-electron chi connectivity index (χ1n) is 11.3. The fourth-order valence-corrected chi connectivity index (χ4v) is 4.92. The van der Waals surface area contributed by atoms with Gasteiger partial charge in [-0.25, -0.2) is 4.39 Å². The van der Waals surface area contributed by atoms with Crippen LogP contribution in [0.15, 0.2) is 48.5 Å². The summed E-state index contributed by atoms with van der Waals surface area (Å²) in [6, 6.07) is 14.8. The largest absolute Gasteiger partial charge is 0.385 e. The Morgan fingerprint density at radius 2 is 1.43 bits per heavy atom. The maximum absolute atomic E-state index is 13.1. The quantitative estimate of drug-likeness (QED) is 0.493. The third-order valence-corrected chi connectivity index (χ3v) is 6.80. The van der Waals surface area contributed by atoms with Gasteiger partial charge in [-0.05, 0) is 60.8 Å². The molecule has 0 N–H and O–H groups in total. The molecule has 0 atom stereocenters. The van der Waals surface area contributed by atoms with E-state index in [9.17, 15) is 4.39 Å². The van der Waals surface area contributed by atoms with Crippen LogP contribution in [0.25, 0.3) is 11.1 Å². The van der Waals surface area contributed by atoms with E-state index < -0.39 is 0 Å². The molecule has 0 unspecified atom stereocenters. The predicted molar refractivity (Wildman–Crippen MR) is 117 cm³/mol. The summed E-state index contributed by atoms with van der Waals surface area (Å²) in [5, 5.41) is 0. The smallest absolute Gasteiger partial charge is 0.183 e. The molecule has 4 heteroatoms. The van der Waals surface area contributed by atoms with Gasteiger partial charge in [-0.15, -0.1) is 0 Å². The maximum atomic E-state index is 13.1. The summed E-state index contributed by atoms with van der Waals surface area (Å²) in [5.74, 6) is 1.90. The van der Waals surface area contributed by atoms with Gasteiger partial charge >= 0.3 is 0 Å². The van der Waals surface area contributed by atoms with Gasteiger partial charge < -0.3 is 14.2 Å². The molecule has 1 aliphatic carbocycles. The molecule has 3 nitrogen and oxygen atoms in total. The Balaban J connectivity index is 1.24. The summed E-state index contributed by atoms with van der Waals surface area (Å²) >= 11 is 0. The molecule has 2 aromatic carbocycles. The van der Waals surface area contributed by atoms with Gasteiger partial charge in [0.2, 0.25) is 0 Å². The van der Waals surface area contributed by atoms with Crippen molar-refractivity contribution >= 4 is 0 Å². The molecule has 0 aromatic heterocycles. The molecule has 162 valence electrons. The molecule has 0 amide bonds. The minimum Gasteiger partial charge on any atom is -0.385 e. The normalized spacial score (nSPS) is 27.1. The van der Waals surface area contributed by atoms with Gasteiger partial charge in [0, 0.05) is 25.2 Å². The molecular formula is C26H33FO3. The van der Waals surface area contributed by atoms with Crippen molar-refractivity contribution in [3.63, 3.8) is 0 Å². The highest BCUT2D eigenvalue weighted by molar-refractivity contribution is 5.63. The highest BCUT2D eigenvalue weighted by Crippen LogP contribution is 2.38. The second kappa shape index (κ2) is 10.5. The summed E-state index contributed by atoms with van der Waals surface area (Å²) in [6.45, 7) is 2.45. The lowest BCUT2D eigenvalue weighted by Crippen LogP contribution is -2.34. The Kier molecular flexibility index (Phi) is 7.53. The third kappa shape index (κ3) is 5.48. The first kappa shape index (κ1) is 21.5. The number of hydrogen-bond acceptors (Lipinski definition) is 3. The summed E-state index contributed by atoms with van der Waals surface area (Å²) < 4.78 is 30.5. The van der Waals surface area contributed by atoms with Crippen molar-refractivity contribution in [2.75, 3.05) is 26.9 Å². The first-order valence-corrected chi connectivity index (χ1v) is 11.3. The molecule has 2 aromatic rings. The predicted octanol–water partition coefficient (Wildman–Crippen LogP) is 6.39. The average molecular weight is 413 g/mol. The second-order valence-electron chi connectivity index (χ2n) is 8.80. The molecule has 0 radical (unpaired) electrons. The molecule has 1 aliphatic heterocycles. The lowest BCUT2D eigenvalue weighted by molar-refractivity contribution is -0.214. The molecule has 2 aliphatic rings. The van der Waals surface area contributed by atoms with Crippen molar-refractivity contribution < 1.29 is 18.6 Å². The van der Waals surface area contributed by atoms with E-state index in [-0.39, 0.29) is 12.1 Å². The SMILES string of the molecule is COCCC[C@H]1CC[C@H]([C@H]2CO[C@H](c3ccc(-c4ccc(F)cc4)cc3)OC2)CC1. The van der Waals surface area contributed by atoms with E-state index in [1.807, 2.05) is 12.1 Å². The molecule has 1 saturated carbocycles. The molecule has 30 heavy (non-hydrogen) atoms. The van der Waals surface area contributed by atoms with E-state index in [2.05, 4.69) is 12.1 Å².